The Morgan fingerprint density at radius 1 is 0.947 bits per heavy atom. The van der Waals surface area contributed by atoms with Crippen molar-refractivity contribution in [1.29, 1.82) is 0 Å². The standard InChI is InChI=1S/C16H29NO2/c1-15(7-3-2-4-8-15)13-17-14-5-9-16(10-6-14)18-11-12-19-16/h14,17H,2-13H2,1H3. The number of nitrogens with one attached hydrogen (secondary N) is 1. The Bertz CT molecular complexity index is 283. The second-order valence-electron chi connectivity index (χ2n) is 7.13. The largest absolute Gasteiger partial charge is 0.348 e. The SMILES string of the molecule is CC1(CNC2CCC3(CC2)OCCO3)CCCCC1. The van der Waals surface area contributed by atoms with E-state index in [1.807, 2.05) is 0 Å². The second-order valence-corrected chi connectivity index (χ2v) is 7.13. The van der Waals surface area contributed by atoms with E-state index in [0.29, 0.717) is 11.5 Å². The van der Waals surface area contributed by atoms with E-state index in [1.165, 1.54) is 51.5 Å². The summed E-state index contributed by atoms with van der Waals surface area (Å²) >= 11 is 0. The van der Waals surface area contributed by atoms with Crippen LogP contribution in [0.5, 0.6) is 0 Å². The third-order valence-corrected chi connectivity index (χ3v) is 5.44. The lowest BCUT2D eigenvalue weighted by atomic mass is 9.75. The molecule has 0 aromatic heterocycles. The summed E-state index contributed by atoms with van der Waals surface area (Å²) < 4.78 is 11.6. The van der Waals surface area contributed by atoms with Gasteiger partial charge in [-0.1, -0.05) is 26.2 Å². The van der Waals surface area contributed by atoms with Crippen molar-refractivity contribution in [1.82, 2.24) is 5.32 Å². The molecule has 3 fully saturated rings. The molecule has 2 aliphatic carbocycles. The van der Waals surface area contributed by atoms with Gasteiger partial charge in [-0.25, -0.2) is 0 Å². The Morgan fingerprint density at radius 3 is 2.21 bits per heavy atom. The monoisotopic (exact) mass is 267 g/mol. The van der Waals surface area contributed by atoms with Gasteiger partial charge in [-0.15, -0.1) is 0 Å². The third kappa shape index (κ3) is 3.32. The summed E-state index contributed by atoms with van der Waals surface area (Å²) in [7, 11) is 0. The van der Waals surface area contributed by atoms with Crippen LogP contribution in [0.1, 0.15) is 64.7 Å². The molecule has 1 N–H and O–H groups in total. The minimum absolute atomic E-state index is 0.201. The third-order valence-electron chi connectivity index (χ3n) is 5.44. The Kier molecular flexibility index (Phi) is 4.16. The Morgan fingerprint density at radius 2 is 1.58 bits per heavy atom. The summed E-state index contributed by atoms with van der Waals surface area (Å²) in [5, 5.41) is 3.83. The van der Waals surface area contributed by atoms with Crippen molar-refractivity contribution in [3.8, 4) is 0 Å². The van der Waals surface area contributed by atoms with Crippen LogP contribution in [0.15, 0.2) is 0 Å². The van der Waals surface area contributed by atoms with Crippen LogP contribution in [0.4, 0.5) is 0 Å². The van der Waals surface area contributed by atoms with Gasteiger partial charge in [-0.2, -0.15) is 0 Å². The maximum atomic E-state index is 5.79. The van der Waals surface area contributed by atoms with E-state index < -0.39 is 0 Å². The van der Waals surface area contributed by atoms with Crippen molar-refractivity contribution < 1.29 is 9.47 Å². The van der Waals surface area contributed by atoms with Gasteiger partial charge in [0.05, 0.1) is 13.2 Å². The lowest BCUT2D eigenvalue weighted by Gasteiger charge is -2.39. The summed E-state index contributed by atoms with van der Waals surface area (Å²) in [5.74, 6) is -0.201. The maximum absolute atomic E-state index is 5.79. The molecule has 1 aliphatic heterocycles. The first-order chi connectivity index (χ1) is 9.20. The van der Waals surface area contributed by atoms with Crippen molar-refractivity contribution in [2.75, 3.05) is 19.8 Å². The van der Waals surface area contributed by atoms with Gasteiger partial charge >= 0.3 is 0 Å². The number of rotatable bonds is 3. The van der Waals surface area contributed by atoms with Gasteiger partial charge in [0.15, 0.2) is 5.79 Å². The van der Waals surface area contributed by atoms with Gasteiger partial charge in [-0.05, 0) is 31.1 Å². The Balaban J connectivity index is 1.42. The predicted molar refractivity (Wildman–Crippen MR) is 76.1 cm³/mol. The van der Waals surface area contributed by atoms with Crippen molar-refractivity contribution in [2.24, 2.45) is 5.41 Å². The highest BCUT2D eigenvalue weighted by Gasteiger charge is 2.40. The average molecular weight is 267 g/mol. The molecule has 0 radical (unpaired) electrons. The fourth-order valence-corrected chi connectivity index (χ4v) is 4.02. The summed E-state index contributed by atoms with van der Waals surface area (Å²) in [4.78, 5) is 0. The van der Waals surface area contributed by atoms with E-state index in [1.54, 1.807) is 0 Å². The van der Waals surface area contributed by atoms with Gasteiger partial charge in [-0.3, -0.25) is 0 Å². The Hall–Kier alpha value is -0.120. The molecule has 1 saturated heterocycles. The van der Waals surface area contributed by atoms with Crippen LogP contribution in [-0.2, 0) is 9.47 Å². The zero-order valence-corrected chi connectivity index (χ0v) is 12.4. The van der Waals surface area contributed by atoms with Crippen LogP contribution in [-0.4, -0.2) is 31.6 Å². The molecule has 1 spiro atoms. The van der Waals surface area contributed by atoms with Crippen molar-refractivity contribution >= 4 is 0 Å². The van der Waals surface area contributed by atoms with E-state index in [9.17, 15) is 0 Å². The quantitative estimate of drug-likeness (QED) is 0.851. The molecule has 0 atom stereocenters. The zero-order chi connectivity index (χ0) is 13.2. The summed E-state index contributed by atoms with van der Waals surface area (Å²) in [6.07, 6.45) is 11.7. The van der Waals surface area contributed by atoms with Crippen LogP contribution >= 0.6 is 0 Å². The molecule has 3 nitrogen and oxygen atoms in total. The van der Waals surface area contributed by atoms with E-state index in [-0.39, 0.29) is 5.79 Å². The van der Waals surface area contributed by atoms with Crippen LogP contribution in [0, 0.1) is 5.41 Å². The van der Waals surface area contributed by atoms with Crippen LogP contribution in [0.2, 0.25) is 0 Å². The predicted octanol–water partition coefficient (Wildman–Crippen LogP) is 3.23. The number of ether oxygens (including phenoxy) is 2. The maximum Gasteiger partial charge on any atom is 0.168 e. The molecule has 0 amide bonds. The minimum atomic E-state index is -0.201. The average Bonchev–Trinajstić information content (AvgIpc) is 2.88. The molecule has 0 aromatic carbocycles. The first-order valence-corrected chi connectivity index (χ1v) is 8.21. The molecular formula is C16H29NO2. The van der Waals surface area contributed by atoms with Crippen molar-refractivity contribution in [3.05, 3.63) is 0 Å². The normalized spacial score (nSPS) is 30.8. The number of hydrogen-bond donors (Lipinski definition) is 1. The fraction of sp³-hybridized carbons (Fsp3) is 1.00. The molecule has 1 heterocycles. The zero-order valence-electron chi connectivity index (χ0n) is 12.4. The lowest BCUT2D eigenvalue weighted by Crippen LogP contribution is -2.45. The number of hydrogen-bond acceptors (Lipinski definition) is 3. The van der Waals surface area contributed by atoms with E-state index in [0.717, 1.165) is 26.1 Å². The molecular weight excluding hydrogens is 238 g/mol. The lowest BCUT2D eigenvalue weighted by molar-refractivity contribution is -0.179. The molecule has 2 saturated carbocycles. The van der Waals surface area contributed by atoms with Gasteiger partial charge in [0.25, 0.3) is 0 Å². The highest BCUT2D eigenvalue weighted by atomic mass is 16.7. The highest BCUT2D eigenvalue weighted by molar-refractivity contribution is 4.88. The van der Waals surface area contributed by atoms with Gasteiger partial charge in [0.2, 0.25) is 0 Å². The van der Waals surface area contributed by atoms with E-state index >= 15 is 0 Å². The first-order valence-electron chi connectivity index (χ1n) is 8.21. The van der Waals surface area contributed by atoms with Gasteiger partial charge in [0, 0.05) is 25.4 Å². The van der Waals surface area contributed by atoms with Crippen LogP contribution in [0.3, 0.4) is 0 Å². The molecule has 0 unspecified atom stereocenters. The van der Waals surface area contributed by atoms with E-state index in [2.05, 4.69) is 12.2 Å². The smallest absolute Gasteiger partial charge is 0.168 e. The van der Waals surface area contributed by atoms with Crippen molar-refractivity contribution in [3.63, 3.8) is 0 Å². The molecule has 110 valence electrons. The van der Waals surface area contributed by atoms with Crippen LogP contribution in [0.25, 0.3) is 0 Å². The van der Waals surface area contributed by atoms with E-state index in [4.69, 9.17) is 9.47 Å². The summed E-state index contributed by atoms with van der Waals surface area (Å²) in [6.45, 7) is 5.24. The molecule has 19 heavy (non-hydrogen) atoms. The van der Waals surface area contributed by atoms with Gasteiger partial charge < -0.3 is 14.8 Å². The molecule has 3 heteroatoms. The topological polar surface area (TPSA) is 30.5 Å². The first kappa shape index (κ1) is 13.8. The molecule has 0 bridgehead atoms. The molecule has 3 rings (SSSR count). The van der Waals surface area contributed by atoms with Gasteiger partial charge in [0.1, 0.15) is 0 Å². The minimum Gasteiger partial charge on any atom is -0.348 e. The highest BCUT2D eigenvalue weighted by Crippen LogP contribution is 2.38. The fourth-order valence-electron chi connectivity index (χ4n) is 4.02. The van der Waals surface area contributed by atoms with Crippen molar-refractivity contribution in [2.45, 2.75) is 76.5 Å². The van der Waals surface area contributed by atoms with Crippen LogP contribution < -0.4 is 5.32 Å². The Labute approximate surface area is 117 Å². The summed E-state index contributed by atoms with van der Waals surface area (Å²) in [6, 6.07) is 0.678. The molecule has 0 aromatic rings. The summed E-state index contributed by atoms with van der Waals surface area (Å²) in [5.41, 5.74) is 0.549. The molecule has 3 aliphatic rings. The second kappa shape index (κ2) is 5.71.